The number of ether oxygens (including phenoxy) is 4. The van der Waals surface area contributed by atoms with Gasteiger partial charge in [-0.15, -0.1) is 5.10 Å². The van der Waals surface area contributed by atoms with Crippen LogP contribution in [0.25, 0.3) is 11.0 Å². The minimum atomic E-state index is -0.498. The second-order valence-electron chi connectivity index (χ2n) is 6.95. The van der Waals surface area contributed by atoms with Crippen molar-refractivity contribution in [2.75, 3.05) is 13.7 Å². The lowest BCUT2D eigenvalue weighted by Gasteiger charge is -2.24. The van der Waals surface area contributed by atoms with E-state index in [2.05, 4.69) is 10.1 Å². The average Bonchev–Trinajstić information content (AvgIpc) is 3.33. The molecule has 5 rings (SSSR count). The Morgan fingerprint density at radius 1 is 1.22 bits per heavy atom. The number of nitrogens with zero attached hydrogens (tertiary/aromatic N) is 3. The molecule has 0 amide bonds. The highest BCUT2D eigenvalue weighted by molar-refractivity contribution is 7.15. The van der Waals surface area contributed by atoms with E-state index >= 15 is 0 Å². The highest BCUT2D eigenvalue weighted by atomic mass is 32.1. The number of aromatic nitrogens is 3. The Kier molecular flexibility index (Phi) is 4.98. The molecule has 0 bridgehead atoms. The summed E-state index contributed by atoms with van der Waals surface area (Å²) in [5, 5.41) is 4.35. The van der Waals surface area contributed by atoms with Crippen LogP contribution in [0.15, 0.2) is 47.3 Å². The zero-order valence-corrected chi connectivity index (χ0v) is 17.9. The van der Waals surface area contributed by atoms with Gasteiger partial charge < -0.3 is 18.9 Å². The van der Waals surface area contributed by atoms with Crippen LogP contribution in [-0.2, 0) is 4.79 Å². The first kappa shape index (κ1) is 20.0. The van der Waals surface area contributed by atoms with Gasteiger partial charge in [-0.3, -0.25) is 9.59 Å². The van der Waals surface area contributed by atoms with Gasteiger partial charge in [0.05, 0.1) is 11.6 Å². The van der Waals surface area contributed by atoms with Gasteiger partial charge in [0, 0.05) is 6.92 Å². The molecular weight excluding hydrogens is 434 g/mol. The number of hydrogen-bond acceptors (Lipinski definition) is 9. The van der Waals surface area contributed by atoms with E-state index in [0.717, 1.165) is 0 Å². The summed E-state index contributed by atoms with van der Waals surface area (Å²) < 4.78 is 23.8. The quantitative estimate of drug-likeness (QED) is 0.344. The number of para-hydroxylation sites is 2. The molecule has 0 fully saturated rings. The number of hydrogen-bond donors (Lipinski definition) is 0. The highest BCUT2D eigenvalue weighted by Gasteiger charge is 2.27. The van der Waals surface area contributed by atoms with Crippen molar-refractivity contribution in [1.29, 1.82) is 0 Å². The monoisotopic (exact) mass is 451 g/mol. The Morgan fingerprint density at radius 3 is 2.78 bits per heavy atom. The van der Waals surface area contributed by atoms with E-state index in [1.165, 1.54) is 29.9 Å². The van der Waals surface area contributed by atoms with E-state index in [1.54, 1.807) is 24.3 Å². The lowest BCUT2D eigenvalue weighted by atomic mass is 10.2. The SMILES string of the molecule is COc1cc(/C=c2\sc3nc([C@H]4COc5ccccc5O4)nn3c2=O)ccc1OC(C)=O. The third-order valence-electron chi connectivity index (χ3n) is 4.73. The normalized spacial score (nSPS) is 15.7. The van der Waals surface area contributed by atoms with E-state index < -0.39 is 12.1 Å². The van der Waals surface area contributed by atoms with Gasteiger partial charge in [-0.05, 0) is 35.9 Å². The van der Waals surface area contributed by atoms with Crippen molar-refractivity contribution < 1.29 is 23.7 Å². The first-order valence-electron chi connectivity index (χ1n) is 9.68. The number of esters is 1. The van der Waals surface area contributed by atoms with Crippen LogP contribution in [0.4, 0.5) is 0 Å². The van der Waals surface area contributed by atoms with Gasteiger partial charge in [0.25, 0.3) is 5.56 Å². The number of fused-ring (bicyclic) bond motifs is 2. The molecule has 1 aliphatic heterocycles. The summed E-state index contributed by atoms with van der Waals surface area (Å²) in [7, 11) is 1.48. The molecule has 32 heavy (non-hydrogen) atoms. The second-order valence-corrected chi connectivity index (χ2v) is 7.96. The molecular formula is C22H17N3O6S. The van der Waals surface area contributed by atoms with Crippen LogP contribution in [-0.4, -0.2) is 34.3 Å². The number of thiazole rings is 1. The van der Waals surface area contributed by atoms with E-state index in [4.69, 9.17) is 18.9 Å². The molecule has 9 nitrogen and oxygen atoms in total. The fourth-order valence-corrected chi connectivity index (χ4v) is 4.21. The molecule has 0 N–H and O–H groups in total. The largest absolute Gasteiger partial charge is 0.493 e. The number of methoxy groups -OCH3 is 1. The Balaban J connectivity index is 1.45. The minimum Gasteiger partial charge on any atom is -0.493 e. The second kappa shape index (κ2) is 7.97. The van der Waals surface area contributed by atoms with Crippen molar-refractivity contribution in [2.45, 2.75) is 13.0 Å². The molecule has 0 saturated carbocycles. The smallest absolute Gasteiger partial charge is 0.308 e. The molecule has 0 radical (unpaired) electrons. The maximum atomic E-state index is 12.9. The first-order valence-corrected chi connectivity index (χ1v) is 10.5. The summed E-state index contributed by atoms with van der Waals surface area (Å²) in [4.78, 5) is 29.0. The van der Waals surface area contributed by atoms with Gasteiger partial charge in [0.15, 0.2) is 34.9 Å². The van der Waals surface area contributed by atoms with Crippen molar-refractivity contribution >= 4 is 28.3 Å². The van der Waals surface area contributed by atoms with E-state index in [0.29, 0.717) is 43.9 Å². The number of carbonyl (C=O) groups is 1. The summed E-state index contributed by atoms with van der Waals surface area (Å²) in [6, 6.07) is 12.4. The van der Waals surface area contributed by atoms with Gasteiger partial charge in [0.2, 0.25) is 4.96 Å². The highest BCUT2D eigenvalue weighted by Crippen LogP contribution is 2.35. The molecule has 3 heterocycles. The van der Waals surface area contributed by atoms with Gasteiger partial charge in [0.1, 0.15) is 6.61 Å². The zero-order chi connectivity index (χ0) is 22.2. The summed E-state index contributed by atoms with van der Waals surface area (Å²) in [6.07, 6.45) is 1.21. The van der Waals surface area contributed by atoms with Gasteiger partial charge in [-0.25, -0.2) is 0 Å². The lowest BCUT2D eigenvalue weighted by molar-refractivity contribution is -0.132. The zero-order valence-electron chi connectivity index (χ0n) is 17.1. The Hall–Kier alpha value is -3.92. The van der Waals surface area contributed by atoms with Crippen molar-refractivity contribution in [3.8, 4) is 23.0 Å². The fraction of sp³-hybridized carbons (Fsp3) is 0.182. The van der Waals surface area contributed by atoms with Crippen molar-refractivity contribution in [2.24, 2.45) is 0 Å². The predicted molar refractivity (Wildman–Crippen MR) is 116 cm³/mol. The summed E-state index contributed by atoms with van der Waals surface area (Å²) in [5.74, 6) is 1.92. The third kappa shape index (κ3) is 3.65. The van der Waals surface area contributed by atoms with Crippen molar-refractivity contribution in [3.63, 3.8) is 0 Å². The Bertz CT molecular complexity index is 1440. The van der Waals surface area contributed by atoms with E-state index in [9.17, 15) is 9.59 Å². The Labute approximate surface area is 185 Å². The van der Waals surface area contributed by atoms with Crippen LogP contribution in [0, 0.1) is 0 Å². The van der Waals surface area contributed by atoms with Crippen LogP contribution in [0.5, 0.6) is 23.0 Å². The van der Waals surface area contributed by atoms with E-state index in [1.807, 2.05) is 24.3 Å². The van der Waals surface area contributed by atoms with E-state index in [-0.39, 0.29) is 12.2 Å². The van der Waals surface area contributed by atoms with Gasteiger partial charge in [-0.1, -0.05) is 29.5 Å². The standard InChI is InChI=1S/C22H17N3O6S/c1-12(26)30-16-8-7-13(9-17(16)28-2)10-19-21(27)25-22(32-19)23-20(24-25)18-11-29-14-5-3-4-6-15(14)31-18/h3-10,18H,11H2,1-2H3/b19-10-/t18-/m1/s1. The van der Waals surface area contributed by atoms with Gasteiger partial charge >= 0.3 is 5.97 Å². The fourth-order valence-electron chi connectivity index (χ4n) is 3.30. The topological polar surface area (TPSA) is 101 Å². The minimum absolute atomic E-state index is 0.260. The molecule has 0 aliphatic carbocycles. The molecule has 10 heteroatoms. The molecule has 2 aromatic carbocycles. The molecule has 1 aliphatic rings. The van der Waals surface area contributed by atoms with Crippen LogP contribution in [0.1, 0.15) is 24.4 Å². The summed E-state index contributed by atoms with van der Waals surface area (Å²) in [6.45, 7) is 1.58. The summed E-state index contributed by atoms with van der Waals surface area (Å²) in [5.41, 5.74) is 0.420. The molecule has 0 spiro atoms. The number of rotatable bonds is 4. The molecule has 2 aromatic heterocycles. The molecule has 4 aromatic rings. The number of benzene rings is 2. The van der Waals surface area contributed by atoms with Crippen LogP contribution in [0.2, 0.25) is 0 Å². The molecule has 0 unspecified atom stereocenters. The predicted octanol–water partition coefficient (Wildman–Crippen LogP) is 2.15. The molecule has 0 saturated heterocycles. The maximum absolute atomic E-state index is 12.9. The molecule has 1 atom stereocenters. The maximum Gasteiger partial charge on any atom is 0.308 e. The lowest BCUT2D eigenvalue weighted by Crippen LogP contribution is -2.26. The first-order chi connectivity index (χ1) is 15.5. The van der Waals surface area contributed by atoms with Crippen LogP contribution in [0.3, 0.4) is 0 Å². The Morgan fingerprint density at radius 2 is 2.03 bits per heavy atom. The number of carbonyl (C=O) groups excluding carboxylic acids is 1. The average molecular weight is 451 g/mol. The van der Waals surface area contributed by atoms with Crippen molar-refractivity contribution in [3.05, 3.63) is 68.7 Å². The van der Waals surface area contributed by atoms with Crippen LogP contribution < -0.4 is 29.0 Å². The van der Waals surface area contributed by atoms with Crippen molar-refractivity contribution in [1.82, 2.24) is 14.6 Å². The summed E-state index contributed by atoms with van der Waals surface area (Å²) >= 11 is 1.22. The van der Waals surface area contributed by atoms with Crippen LogP contribution >= 0.6 is 11.3 Å². The van der Waals surface area contributed by atoms with Gasteiger partial charge in [-0.2, -0.15) is 9.50 Å². The molecule has 162 valence electrons. The third-order valence-corrected chi connectivity index (χ3v) is 5.69.